The van der Waals surface area contributed by atoms with E-state index in [2.05, 4.69) is 27.2 Å². The number of hydrogen-bond acceptors (Lipinski definition) is 7. The maximum Gasteiger partial charge on any atom is 0.341 e. The molecule has 7 nitrogen and oxygen atoms in total. The number of thiophene rings is 1. The van der Waals surface area contributed by atoms with Crippen LogP contribution in [0, 0.1) is 0 Å². The summed E-state index contributed by atoms with van der Waals surface area (Å²) in [5, 5.41) is 5.42. The standard InChI is InChI=1S/C27H31N3O4S/c1-4-34-27(32)24-23(20-8-6-5-7-9-20)18-35-26(24)28-25(31)19(2)29-14-16-30(17-15-29)21-10-12-22(33-3)13-11-21/h5-13,18-19H,4,14-17H2,1-3H3,(H,28,31)/t19-/m1/s1. The summed E-state index contributed by atoms with van der Waals surface area (Å²) < 4.78 is 10.6. The molecular formula is C27H31N3O4S. The molecule has 35 heavy (non-hydrogen) atoms. The number of carbonyl (C=O) groups excluding carboxylic acids is 2. The molecule has 0 radical (unpaired) electrons. The van der Waals surface area contributed by atoms with Crippen LogP contribution < -0.4 is 15.0 Å². The van der Waals surface area contributed by atoms with E-state index >= 15 is 0 Å². The molecule has 1 aromatic heterocycles. The second kappa shape index (κ2) is 11.4. The highest BCUT2D eigenvalue weighted by molar-refractivity contribution is 7.15. The molecule has 1 amide bonds. The Morgan fingerprint density at radius 3 is 2.34 bits per heavy atom. The molecule has 0 spiro atoms. The van der Waals surface area contributed by atoms with Gasteiger partial charge in [0.1, 0.15) is 16.3 Å². The predicted molar refractivity (Wildman–Crippen MR) is 141 cm³/mol. The lowest BCUT2D eigenvalue weighted by molar-refractivity contribution is -0.120. The number of methoxy groups -OCH3 is 1. The molecule has 1 aliphatic heterocycles. The van der Waals surface area contributed by atoms with Gasteiger partial charge in [-0.2, -0.15) is 0 Å². The second-order valence-electron chi connectivity index (χ2n) is 8.33. The third-order valence-electron chi connectivity index (χ3n) is 6.27. The molecule has 0 unspecified atom stereocenters. The summed E-state index contributed by atoms with van der Waals surface area (Å²) in [6, 6.07) is 17.4. The Balaban J connectivity index is 1.43. The van der Waals surface area contributed by atoms with E-state index < -0.39 is 5.97 Å². The first-order valence-electron chi connectivity index (χ1n) is 11.8. The summed E-state index contributed by atoms with van der Waals surface area (Å²) in [7, 11) is 1.66. The number of hydrogen-bond donors (Lipinski definition) is 1. The fourth-order valence-corrected chi connectivity index (χ4v) is 5.19. The minimum Gasteiger partial charge on any atom is -0.497 e. The van der Waals surface area contributed by atoms with Crippen LogP contribution in [-0.4, -0.2) is 62.7 Å². The zero-order valence-corrected chi connectivity index (χ0v) is 21.1. The van der Waals surface area contributed by atoms with Gasteiger partial charge in [-0.25, -0.2) is 4.79 Å². The molecule has 8 heteroatoms. The lowest BCUT2D eigenvalue weighted by atomic mass is 10.0. The molecule has 184 valence electrons. The summed E-state index contributed by atoms with van der Waals surface area (Å²) in [6.07, 6.45) is 0. The summed E-state index contributed by atoms with van der Waals surface area (Å²) in [5.41, 5.74) is 3.24. The van der Waals surface area contributed by atoms with E-state index in [0.717, 1.165) is 48.7 Å². The summed E-state index contributed by atoms with van der Waals surface area (Å²) >= 11 is 1.35. The van der Waals surface area contributed by atoms with Gasteiger partial charge in [-0.3, -0.25) is 9.69 Å². The molecule has 1 N–H and O–H groups in total. The molecule has 0 aliphatic carbocycles. The molecule has 0 saturated carbocycles. The number of carbonyl (C=O) groups is 2. The Bertz CT molecular complexity index is 1140. The Labute approximate surface area is 210 Å². The van der Waals surface area contributed by atoms with Crippen LogP contribution >= 0.6 is 11.3 Å². The molecule has 3 aromatic rings. The van der Waals surface area contributed by atoms with Crippen LogP contribution in [0.4, 0.5) is 10.7 Å². The third kappa shape index (κ3) is 5.66. The number of anilines is 2. The van der Waals surface area contributed by atoms with Gasteiger partial charge >= 0.3 is 5.97 Å². The van der Waals surface area contributed by atoms with Gasteiger partial charge < -0.3 is 19.7 Å². The van der Waals surface area contributed by atoms with Crippen LogP contribution in [0.25, 0.3) is 11.1 Å². The number of esters is 1. The van der Waals surface area contributed by atoms with Gasteiger partial charge in [0.15, 0.2) is 0 Å². The van der Waals surface area contributed by atoms with Crippen LogP contribution in [0.1, 0.15) is 24.2 Å². The normalized spacial score (nSPS) is 14.9. The largest absolute Gasteiger partial charge is 0.497 e. The fraction of sp³-hybridized carbons (Fsp3) is 0.333. The molecule has 1 aliphatic rings. The summed E-state index contributed by atoms with van der Waals surface area (Å²) in [6.45, 7) is 7.15. The highest BCUT2D eigenvalue weighted by Crippen LogP contribution is 2.36. The van der Waals surface area contributed by atoms with Crippen LogP contribution in [0.2, 0.25) is 0 Å². The Kier molecular flexibility index (Phi) is 8.05. The fourth-order valence-electron chi connectivity index (χ4n) is 4.23. The van der Waals surface area contributed by atoms with Crippen LogP contribution in [-0.2, 0) is 9.53 Å². The van der Waals surface area contributed by atoms with E-state index in [1.807, 2.05) is 54.8 Å². The first-order valence-corrected chi connectivity index (χ1v) is 12.7. The number of amides is 1. The average Bonchev–Trinajstić information content (AvgIpc) is 3.32. The molecule has 1 atom stereocenters. The van der Waals surface area contributed by atoms with E-state index in [4.69, 9.17) is 9.47 Å². The molecule has 0 bridgehead atoms. The van der Waals surface area contributed by atoms with Gasteiger partial charge in [0.2, 0.25) is 5.91 Å². The lowest BCUT2D eigenvalue weighted by Crippen LogP contribution is -2.52. The maximum absolute atomic E-state index is 13.2. The number of piperazine rings is 1. The van der Waals surface area contributed by atoms with E-state index in [9.17, 15) is 9.59 Å². The van der Waals surface area contributed by atoms with Crippen molar-refractivity contribution in [1.82, 2.24) is 4.90 Å². The highest BCUT2D eigenvalue weighted by atomic mass is 32.1. The van der Waals surface area contributed by atoms with Crippen molar-refractivity contribution in [3.63, 3.8) is 0 Å². The number of rotatable bonds is 8. The Morgan fingerprint density at radius 2 is 1.71 bits per heavy atom. The predicted octanol–water partition coefficient (Wildman–Crippen LogP) is 4.75. The Hall–Kier alpha value is -3.36. The van der Waals surface area contributed by atoms with Crippen molar-refractivity contribution in [3.8, 4) is 16.9 Å². The van der Waals surface area contributed by atoms with E-state index in [1.54, 1.807) is 14.0 Å². The van der Waals surface area contributed by atoms with E-state index in [-0.39, 0.29) is 18.6 Å². The second-order valence-corrected chi connectivity index (χ2v) is 9.21. The molecule has 1 saturated heterocycles. The number of nitrogens with one attached hydrogen (secondary N) is 1. The van der Waals surface area contributed by atoms with Crippen molar-refractivity contribution in [2.45, 2.75) is 19.9 Å². The topological polar surface area (TPSA) is 71.1 Å². The van der Waals surface area contributed by atoms with Crippen molar-refractivity contribution < 1.29 is 19.1 Å². The maximum atomic E-state index is 13.2. The van der Waals surface area contributed by atoms with Gasteiger partial charge in [-0.1, -0.05) is 30.3 Å². The first kappa shape index (κ1) is 24.8. The zero-order chi connectivity index (χ0) is 24.8. The average molecular weight is 494 g/mol. The minimum atomic E-state index is -0.427. The summed E-state index contributed by atoms with van der Waals surface area (Å²) in [4.78, 5) is 30.5. The summed E-state index contributed by atoms with van der Waals surface area (Å²) in [5.74, 6) is 0.280. The van der Waals surface area contributed by atoms with Gasteiger partial charge in [-0.15, -0.1) is 11.3 Å². The third-order valence-corrected chi connectivity index (χ3v) is 7.17. The number of ether oxygens (including phenoxy) is 2. The van der Waals surface area contributed by atoms with Crippen molar-refractivity contribution in [1.29, 1.82) is 0 Å². The monoisotopic (exact) mass is 493 g/mol. The SMILES string of the molecule is CCOC(=O)c1c(-c2ccccc2)csc1NC(=O)[C@@H](C)N1CCN(c2ccc(OC)cc2)CC1. The van der Waals surface area contributed by atoms with Gasteiger partial charge in [0.25, 0.3) is 0 Å². The van der Waals surface area contributed by atoms with E-state index in [1.165, 1.54) is 11.3 Å². The quantitative estimate of drug-likeness (QED) is 0.457. The van der Waals surface area contributed by atoms with Crippen molar-refractivity contribution in [3.05, 3.63) is 65.5 Å². The molecular weight excluding hydrogens is 462 g/mol. The van der Waals surface area contributed by atoms with Gasteiger partial charge in [0.05, 0.1) is 19.8 Å². The van der Waals surface area contributed by atoms with Crippen LogP contribution in [0.5, 0.6) is 5.75 Å². The zero-order valence-electron chi connectivity index (χ0n) is 20.3. The molecule has 4 rings (SSSR count). The van der Waals surface area contributed by atoms with Gasteiger partial charge in [0, 0.05) is 42.8 Å². The molecule has 2 heterocycles. The lowest BCUT2D eigenvalue weighted by Gasteiger charge is -2.38. The molecule has 2 aromatic carbocycles. The van der Waals surface area contributed by atoms with Crippen molar-refractivity contribution in [2.24, 2.45) is 0 Å². The van der Waals surface area contributed by atoms with Gasteiger partial charge in [-0.05, 0) is 43.7 Å². The number of benzene rings is 2. The smallest absolute Gasteiger partial charge is 0.341 e. The van der Waals surface area contributed by atoms with Crippen molar-refractivity contribution in [2.75, 3.05) is 50.1 Å². The number of nitrogens with zero attached hydrogens (tertiary/aromatic N) is 2. The highest BCUT2D eigenvalue weighted by Gasteiger charge is 2.28. The van der Waals surface area contributed by atoms with Crippen molar-refractivity contribution >= 4 is 33.9 Å². The minimum absolute atomic E-state index is 0.130. The molecule has 1 fully saturated rings. The van der Waals surface area contributed by atoms with Crippen LogP contribution in [0.3, 0.4) is 0 Å². The van der Waals surface area contributed by atoms with E-state index in [0.29, 0.717) is 10.6 Å². The Morgan fingerprint density at radius 1 is 1.03 bits per heavy atom. The first-order chi connectivity index (χ1) is 17.0. The van der Waals surface area contributed by atoms with Crippen LogP contribution in [0.15, 0.2) is 60.0 Å².